The maximum Gasteiger partial charge on any atom is 0.121 e. The van der Waals surface area contributed by atoms with Gasteiger partial charge in [0.05, 0.1) is 11.6 Å². The first-order chi connectivity index (χ1) is 8.72. The summed E-state index contributed by atoms with van der Waals surface area (Å²) in [5.74, 6) is 2.71. The molecule has 3 rings (SSSR count). The zero-order valence-electron chi connectivity index (χ0n) is 11.4. The summed E-state index contributed by atoms with van der Waals surface area (Å²) in [6.45, 7) is 2.91. The summed E-state index contributed by atoms with van der Waals surface area (Å²) in [6.07, 6.45) is 6.14. The minimum atomic E-state index is 0.208. The number of rotatable bonds is 3. The Bertz CT molecular complexity index is 408. The van der Waals surface area contributed by atoms with Crippen molar-refractivity contribution in [3.8, 4) is 0 Å². The number of ether oxygens (including phenoxy) is 1. The van der Waals surface area contributed by atoms with Gasteiger partial charge in [0.15, 0.2) is 0 Å². The Morgan fingerprint density at radius 1 is 1.39 bits per heavy atom. The molecule has 1 aliphatic heterocycles. The quantitative estimate of drug-likeness (QED) is 0.893. The van der Waals surface area contributed by atoms with Crippen molar-refractivity contribution in [3.05, 3.63) is 23.7 Å². The molecule has 3 nitrogen and oxygen atoms in total. The normalized spacial score (nSPS) is 28.0. The van der Waals surface area contributed by atoms with Gasteiger partial charge in [0.1, 0.15) is 11.5 Å². The van der Waals surface area contributed by atoms with Crippen molar-refractivity contribution in [1.29, 1.82) is 0 Å². The van der Waals surface area contributed by atoms with Gasteiger partial charge in [-0.3, -0.25) is 0 Å². The van der Waals surface area contributed by atoms with Crippen LogP contribution in [0.3, 0.4) is 0 Å². The molecule has 2 atom stereocenters. The van der Waals surface area contributed by atoms with Crippen molar-refractivity contribution in [2.24, 2.45) is 5.92 Å². The molecule has 1 aromatic heterocycles. The van der Waals surface area contributed by atoms with Gasteiger partial charge in [0.2, 0.25) is 0 Å². The number of aryl methyl sites for hydroxylation is 1. The highest BCUT2D eigenvalue weighted by Crippen LogP contribution is 2.47. The summed E-state index contributed by atoms with van der Waals surface area (Å²) in [6, 6.07) is 4.50. The van der Waals surface area contributed by atoms with E-state index in [-0.39, 0.29) is 5.60 Å². The van der Waals surface area contributed by atoms with E-state index in [0.29, 0.717) is 12.0 Å². The molecule has 0 bridgehead atoms. The van der Waals surface area contributed by atoms with Gasteiger partial charge in [-0.25, -0.2) is 0 Å². The van der Waals surface area contributed by atoms with Crippen molar-refractivity contribution in [2.45, 2.75) is 50.7 Å². The molecule has 2 fully saturated rings. The summed E-state index contributed by atoms with van der Waals surface area (Å²) in [7, 11) is 2.03. The second kappa shape index (κ2) is 4.71. The minimum Gasteiger partial charge on any atom is -0.465 e. The minimum absolute atomic E-state index is 0.208. The zero-order valence-corrected chi connectivity index (χ0v) is 11.4. The van der Waals surface area contributed by atoms with E-state index in [4.69, 9.17) is 9.15 Å². The molecule has 100 valence electrons. The van der Waals surface area contributed by atoms with Gasteiger partial charge in [-0.15, -0.1) is 0 Å². The predicted molar refractivity (Wildman–Crippen MR) is 70.5 cm³/mol. The molecule has 1 aliphatic carbocycles. The van der Waals surface area contributed by atoms with Gasteiger partial charge < -0.3 is 14.5 Å². The Kier molecular flexibility index (Phi) is 3.20. The predicted octanol–water partition coefficient (Wildman–Crippen LogP) is 3.20. The number of hydrogen-bond acceptors (Lipinski definition) is 3. The van der Waals surface area contributed by atoms with Crippen molar-refractivity contribution in [2.75, 3.05) is 13.7 Å². The first-order valence-electron chi connectivity index (χ1n) is 7.10. The fourth-order valence-corrected chi connectivity index (χ4v) is 3.50. The van der Waals surface area contributed by atoms with Crippen LogP contribution in [0.1, 0.15) is 49.7 Å². The molecule has 2 aliphatic rings. The molecule has 2 unspecified atom stereocenters. The van der Waals surface area contributed by atoms with Crippen LogP contribution in [0, 0.1) is 12.8 Å². The highest BCUT2D eigenvalue weighted by molar-refractivity contribution is 5.12. The van der Waals surface area contributed by atoms with E-state index < -0.39 is 0 Å². The lowest BCUT2D eigenvalue weighted by Crippen LogP contribution is -2.47. The molecule has 3 heteroatoms. The lowest BCUT2D eigenvalue weighted by atomic mass is 9.70. The smallest absolute Gasteiger partial charge is 0.121 e. The van der Waals surface area contributed by atoms with Gasteiger partial charge in [-0.05, 0) is 64.1 Å². The molecule has 2 heterocycles. The summed E-state index contributed by atoms with van der Waals surface area (Å²) >= 11 is 0. The van der Waals surface area contributed by atoms with E-state index in [1.165, 1.54) is 25.7 Å². The summed E-state index contributed by atoms with van der Waals surface area (Å²) in [5, 5.41) is 3.44. The fourth-order valence-electron chi connectivity index (χ4n) is 3.50. The highest BCUT2D eigenvalue weighted by Gasteiger charge is 2.44. The highest BCUT2D eigenvalue weighted by atomic mass is 16.5. The van der Waals surface area contributed by atoms with Gasteiger partial charge in [-0.2, -0.15) is 0 Å². The van der Waals surface area contributed by atoms with E-state index in [1.54, 1.807) is 0 Å². The summed E-state index contributed by atoms with van der Waals surface area (Å²) in [5.41, 5.74) is 0.208. The van der Waals surface area contributed by atoms with E-state index >= 15 is 0 Å². The van der Waals surface area contributed by atoms with E-state index in [1.807, 2.05) is 14.0 Å². The molecule has 1 spiro atoms. The molecule has 18 heavy (non-hydrogen) atoms. The molecule has 0 amide bonds. The Morgan fingerprint density at radius 2 is 2.22 bits per heavy atom. The maximum atomic E-state index is 6.01. The zero-order chi connectivity index (χ0) is 12.6. The maximum absolute atomic E-state index is 6.01. The third-order valence-electron chi connectivity index (χ3n) is 4.65. The number of nitrogens with one attached hydrogen (secondary N) is 1. The van der Waals surface area contributed by atoms with E-state index in [0.717, 1.165) is 24.5 Å². The Balaban J connectivity index is 1.75. The molecule has 1 saturated carbocycles. The van der Waals surface area contributed by atoms with Crippen molar-refractivity contribution in [1.82, 2.24) is 5.32 Å². The lowest BCUT2D eigenvalue weighted by Gasteiger charge is -2.48. The van der Waals surface area contributed by atoms with Crippen LogP contribution >= 0.6 is 0 Å². The molecule has 0 aromatic carbocycles. The second-order valence-corrected chi connectivity index (χ2v) is 5.85. The van der Waals surface area contributed by atoms with E-state index in [2.05, 4.69) is 17.4 Å². The van der Waals surface area contributed by atoms with Crippen LogP contribution in [0.25, 0.3) is 0 Å². The first kappa shape index (κ1) is 12.2. The van der Waals surface area contributed by atoms with Crippen LogP contribution in [0.2, 0.25) is 0 Å². The van der Waals surface area contributed by atoms with Gasteiger partial charge >= 0.3 is 0 Å². The van der Waals surface area contributed by atoms with Crippen LogP contribution in [-0.4, -0.2) is 19.3 Å². The van der Waals surface area contributed by atoms with E-state index in [9.17, 15) is 0 Å². The first-order valence-corrected chi connectivity index (χ1v) is 7.10. The third-order valence-corrected chi connectivity index (χ3v) is 4.65. The molecule has 1 aromatic rings. The Morgan fingerprint density at radius 3 is 2.78 bits per heavy atom. The summed E-state index contributed by atoms with van der Waals surface area (Å²) < 4.78 is 11.8. The largest absolute Gasteiger partial charge is 0.465 e. The Hall–Kier alpha value is -0.800. The SMILES string of the molecule is CNC(c1ccc(C)o1)C1CCOC2(CCC2)C1. The number of hydrogen-bond donors (Lipinski definition) is 1. The fraction of sp³-hybridized carbons (Fsp3) is 0.733. The summed E-state index contributed by atoms with van der Waals surface area (Å²) in [4.78, 5) is 0. The standard InChI is InChI=1S/C15H23NO2/c1-11-4-5-13(18-11)14(16-2)12-6-9-17-15(10-12)7-3-8-15/h4-5,12,14,16H,3,6-10H2,1-2H3. The average Bonchev–Trinajstić information content (AvgIpc) is 2.75. The van der Waals surface area contributed by atoms with Crippen molar-refractivity contribution >= 4 is 0 Å². The molecule has 1 N–H and O–H groups in total. The molecule has 0 radical (unpaired) electrons. The molecule has 1 saturated heterocycles. The second-order valence-electron chi connectivity index (χ2n) is 5.85. The van der Waals surface area contributed by atoms with Gasteiger partial charge in [0, 0.05) is 6.61 Å². The third kappa shape index (κ3) is 2.10. The van der Waals surface area contributed by atoms with Crippen LogP contribution in [0.5, 0.6) is 0 Å². The monoisotopic (exact) mass is 249 g/mol. The van der Waals surface area contributed by atoms with Crippen LogP contribution in [-0.2, 0) is 4.74 Å². The average molecular weight is 249 g/mol. The van der Waals surface area contributed by atoms with Gasteiger partial charge in [0.25, 0.3) is 0 Å². The number of furan rings is 1. The topological polar surface area (TPSA) is 34.4 Å². The molecular weight excluding hydrogens is 226 g/mol. The van der Waals surface area contributed by atoms with Crippen molar-refractivity contribution in [3.63, 3.8) is 0 Å². The van der Waals surface area contributed by atoms with Crippen LogP contribution < -0.4 is 5.32 Å². The lowest BCUT2D eigenvalue weighted by molar-refractivity contribution is -0.147. The van der Waals surface area contributed by atoms with Crippen LogP contribution in [0.4, 0.5) is 0 Å². The van der Waals surface area contributed by atoms with Crippen molar-refractivity contribution < 1.29 is 9.15 Å². The molecular formula is C15H23NO2. The van der Waals surface area contributed by atoms with Gasteiger partial charge in [-0.1, -0.05) is 0 Å². The van der Waals surface area contributed by atoms with Crippen LogP contribution in [0.15, 0.2) is 16.5 Å². The Labute approximate surface area is 109 Å².